The number of hydrogen-bond donors (Lipinski definition) is 3. The van der Waals surface area contributed by atoms with Gasteiger partial charge in [-0.25, -0.2) is 0 Å². The van der Waals surface area contributed by atoms with Crippen LogP contribution in [-0.4, -0.2) is 54.4 Å². The number of aryl methyl sites for hydroxylation is 1. The van der Waals surface area contributed by atoms with Gasteiger partial charge in [-0.15, -0.1) is 12.3 Å². The maximum absolute atomic E-state index is 12.8. The molecule has 3 rings (SSSR count). The van der Waals surface area contributed by atoms with Crippen LogP contribution in [0.4, 0.5) is 0 Å². The number of terminal acetylenes is 1. The van der Waals surface area contributed by atoms with Crippen LogP contribution in [0.25, 0.3) is 0 Å². The number of amides is 3. The molecule has 0 aromatic heterocycles. The number of piperidine rings is 1. The fourth-order valence-corrected chi connectivity index (χ4v) is 4.29. The molecule has 1 aromatic carbocycles. The van der Waals surface area contributed by atoms with Crippen LogP contribution in [0.5, 0.6) is 5.75 Å². The average Bonchev–Trinajstić information content (AvgIpc) is 2.81. The summed E-state index contributed by atoms with van der Waals surface area (Å²) in [4.78, 5) is 40.1. The molecule has 3 atom stereocenters. The summed E-state index contributed by atoms with van der Waals surface area (Å²) in [5.41, 5.74) is 8.01. The second kappa shape index (κ2) is 11.7. The van der Waals surface area contributed by atoms with Crippen molar-refractivity contribution in [3.05, 3.63) is 29.3 Å². The lowest BCUT2D eigenvalue weighted by Crippen LogP contribution is -2.53. The van der Waals surface area contributed by atoms with Crippen LogP contribution < -0.4 is 21.1 Å². The van der Waals surface area contributed by atoms with Gasteiger partial charge in [-0.2, -0.15) is 0 Å². The Labute approximate surface area is 195 Å². The Hall–Kier alpha value is -3.05. The van der Waals surface area contributed by atoms with Crippen molar-refractivity contribution in [1.29, 1.82) is 0 Å². The predicted octanol–water partition coefficient (Wildman–Crippen LogP) is 1.25. The molecular formula is C25H34N4O4. The Balaban J connectivity index is 1.81. The fourth-order valence-electron chi connectivity index (χ4n) is 4.29. The number of carbonyl (C=O) groups excluding carboxylic acids is 3. The number of nitrogens with zero attached hydrogens (tertiary/aromatic N) is 1. The molecule has 2 aliphatic heterocycles. The number of hydrogen-bond acceptors (Lipinski definition) is 5. The highest BCUT2D eigenvalue weighted by atomic mass is 16.5. The molecular weight excluding hydrogens is 420 g/mol. The van der Waals surface area contributed by atoms with Gasteiger partial charge in [0.15, 0.2) is 0 Å². The van der Waals surface area contributed by atoms with Crippen LogP contribution in [0.1, 0.15) is 49.7 Å². The molecule has 178 valence electrons. The summed E-state index contributed by atoms with van der Waals surface area (Å²) in [5, 5.41) is 5.56. The monoisotopic (exact) mass is 454 g/mol. The van der Waals surface area contributed by atoms with E-state index in [9.17, 15) is 14.4 Å². The van der Waals surface area contributed by atoms with Gasteiger partial charge in [-0.1, -0.05) is 6.07 Å². The van der Waals surface area contributed by atoms with Gasteiger partial charge >= 0.3 is 0 Å². The van der Waals surface area contributed by atoms with Crippen molar-refractivity contribution in [2.45, 2.75) is 64.1 Å². The number of rotatable bonds is 2. The molecule has 1 aromatic rings. The minimum atomic E-state index is -1.03. The summed E-state index contributed by atoms with van der Waals surface area (Å²) >= 11 is 0. The van der Waals surface area contributed by atoms with Crippen molar-refractivity contribution < 1.29 is 19.1 Å². The molecule has 3 amide bonds. The van der Waals surface area contributed by atoms with Gasteiger partial charge in [0.1, 0.15) is 11.8 Å². The molecule has 0 spiro atoms. The molecule has 8 nitrogen and oxygen atoms in total. The predicted molar refractivity (Wildman–Crippen MR) is 125 cm³/mol. The largest absolute Gasteiger partial charge is 0.494 e. The molecule has 0 saturated carbocycles. The number of nitrogens with one attached hydrogen (secondary N) is 2. The van der Waals surface area contributed by atoms with Gasteiger partial charge in [0.25, 0.3) is 0 Å². The molecule has 1 saturated heterocycles. The van der Waals surface area contributed by atoms with Crippen molar-refractivity contribution in [2.75, 3.05) is 19.7 Å². The van der Waals surface area contributed by atoms with E-state index >= 15 is 0 Å². The highest BCUT2D eigenvalue weighted by Crippen LogP contribution is 2.22. The molecule has 0 radical (unpaired) electrons. The fraction of sp³-hybridized carbons (Fsp3) is 0.560. The second-order valence-electron chi connectivity index (χ2n) is 8.91. The Morgan fingerprint density at radius 2 is 2.06 bits per heavy atom. The second-order valence-corrected chi connectivity index (χ2v) is 8.91. The first-order chi connectivity index (χ1) is 15.9. The smallest absolute Gasteiger partial charge is 0.242 e. The summed E-state index contributed by atoms with van der Waals surface area (Å²) in [6, 6.07) is 3.97. The quantitative estimate of drug-likeness (QED) is 0.582. The maximum Gasteiger partial charge on any atom is 0.242 e. The SMILES string of the molecule is C#CCC[C@@H]1NC(=O)[C@@H](N)CC(=O)N2CCCC(CCOc3ccc(C)c(c3)CNC1=O)C2. The zero-order valence-electron chi connectivity index (χ0n) is 19.3. The minimum absolute atomic E-state index is 0.0949. The van der Waals surface area contributed by atoms with Gasteiger partial charge in [0.05, 0.1) is 19.1 Å². The van der Waals surface area contributed by atoms with Crippen molar-refractivity contribution in [3.63, 3.8) is 0 Å². The van der Waals surface area contributed by atoms with Crippen LogP contribution in [0.3, 0.4) is 0 Å². The summed E-state index contributed by atoms with van der Waals surface area (Å²) in [7, 11) is 0. The third kappa shape index (κ3) is 6.96. The molecule has 4 bridgehead atoms. The van der Waals surface area contributed by atoms with Crippen molar-refractivity contribution >= 4 is 17.7 Å². The summed E-state index contributed by atoms with van der Waals surface area (Å²) in [5.74, 6) is 2.59. The van der Waals surface area contributed by atoms with Crippen molar-refractivity contribution in [1.82, 2.24) is 15.5 Å². The molecule has 2 aliphatic rings. The lowest BCUT2D eigenvalue weighted by molar-refractivity contribution is -0.136. The van der Waals surface area contributed by atoms with Gasteiger partial charge in [-0.05, 0) is 61.8 Å². The van der Waals surface area contributed by atoms with E-state index in [4.69, 9.17) is 16.9 Å². The van der Waals surface area contributed by atoms with Crippen molar-refractivity contribution in [2.24, 2.45) is 11.7 Å². The molecule has 2 heterocycles. The van der Waals surface area contributed by atoms with Crippen molar-refractivity contribution in [3.8, 4) is 18.1 Å². The van der Waals surface area contributed by atoms with E-state index in [-0.39, 0.29) is 24.7 Å². The first kappa shape index (κ1) is 24.6. The van der Waals surface area contributed by atoms with Crippen LogP contribution in [-0.2, 0) is 20.9 Å². The van der Waals surface area contributed by atoms with E-state index < -0.39 is 18.0 Å². The number of fused-ring (bicyclic) bond motifs is 4. The van der Waals surface area contributed by atoms with Crippen LogP contribution in [0.15, 0.2) is 18.2 Å². The van der Waals surface area contributed by atoms with E-state index in [1.807, 2.05) is 25.1 Å². The van der Waals surface area contributed by atoms with Gasteiger partial charge in [-0.3, -0.25) is 14.4 Å². The molecule has 1 fully saturated rings. The lowest BCUT2D eigenvalue weighted by atomic mass is 9.94. The van der Waals surface area contributed by atoms with Gasteiger partial charge < -0.3 is 26.0 Å². The zero-order valence-corrected chi connectivity index (χ0v) is 19.3. The van der Waals surface area contributed by atoms with E-state index in [0.717, 1.165) is 36.1 Å². The van der Waals surface area contributed by atoms with Crippen LogP contribution in [0.2, 0.25) is 0 Å². The van der Waals surface area contributed by atoms with E-state index in [1.165, 1.54) is 0 Å². The Kier molecular flexibility index (Phi) is 8.72. The normalized spacial score (nSPS) is 25.1. The minimum Gasteiger partial charge on any atom is -0.494 e. The molecule has 0 aliphatic carbocycles. The third-order valence-electron chi connectivity index (χ3n) is 6.38. The standard InChI is InChI=1S/C25H34N4O4/c1-3-4-7-22-25(32)27-15-19-13-20(9-8-17(19)2)33-12-10-18-6-5-11-29(16-18)23(30)14-21(26)24(31)28-22/h1,8-9,13,18,21-22H,4-7,10-12,14-16,26H2,2H3,(H,27,32)(H,28,31)/t18?,21-,22-/m0/s1. The van der Waals surface area contributed by atoms with Crippen LogP contribution in [0, 0.1) is 25.2 Å². The van der Waals surface area contributed by atoms with E-state index in [1.54, 1.807) is 4.90 Å². The van der Waals surface area contributed by atoms with Crippen LogP contribution >= 0.6 is 0 Å². The number of carbonyl (C=O) groups is 3. The first-order valence-electron chi connectivity index (χ1n) is 11.6. The summed E-state index contributed by atoms with van der Waals surface area (Å²) in [6.45, 7) is 4.13. The van der Waals surface area contributed by atoms with E-state index in [0.29, 0.717) is 38.6 Å². The van der Waals surface area contributed by atoms with Gasteiger partial charge in [0.2, 0.25) is 17.7 Å². The molecule has 8 heteroatoms. The summed E-state index contributed by atoms with van der Waals surface area (Å²) in [6.07, 6.45) is 8.68. The summed E-state index contributed by atoms with van der Waals surface area (Å²) < 4.78 is 5.98. The highest BCUT2D eigenvalue weighted by molar-refractivity contribution is 5.92. The molecule has 4 N–H and O–H groups in total. The topological polar surface area (TPSA) is 114 Å². The first-order valence-corrected chi connectivity index (χ1v) is 11.6. The van der Waals surface area contributed by atoms with Gasteiger partial charge in [0, 0.05) is 26.1 Å². The maximum atomic E-state index is 12.8. The third-order valence-corrected chi connectivity index (χ3v) is 6.38. The zero-order chi connectivity index (χ0) is 23.8. The Morgan fingerprint density at radius 3 is 2.85 bits per heavy atom. The lowest BCUT2D eigenvalue weighted by Gasteiger charge is -2.33. The highest BCUT2D eigenvalue weighted by Gasteiger charge is 2.29. The Morgan fingerprint density at radius 1 is 1.24 bits per heavy atom. The molecule has 33 heavy (non-hydrogen) atoms. The van der Waals surface area contributed by atoms with E-state index in [2.05, 4.69) is 16.6 Å². The number of benzene rings is 1. The Bertz CT molecular complexity index is 910. The molecule has 1 unspecified atom stereocenters. The number of nitrogens with two attached hydrogens (primary N) is 1. The number of ether oxygens (including phenoxy) is 1. The average molecular weight is 455 g/mol.